The Kier molecular flexibility index (Phi) is 4.54. The lowest BCUT2D eigenvalue weighted by Gasteiger charge is -2.11. The van der Waals surface area contributed by atoms with Crippen molar-refractivity contribution in [3.8, 4) is 11.5 Å². The maximum absolute atomic E-state index is 13.1. The molecule has 5 heteroatoms. The zero-order chi connectivity index (χ0) is 19.0. The Morgan fingerprint density at radius 3 is 2.59 bits per heavy atom. The van der Waals surface area contributed by atoms with E-state index in [1.54, 1.807) is 6.07 Å². The number of benzene rings is 2. The molecule has 0 aliphatic heterocycles. The van der Waals surface area contributed by atoms with Crippen LogP contribution >= 0.6 is 15.9 Å². The maximum Gasteiger partial charge on any atom is 0.256 e. The number of carbonyl (C=O) groups excluding carboxylic acids is 1. The van der Waals surface area contributed by atoms with Gasteiger partial charge in [0.05, 0.1) is 16.8 Å². The van der Waals surface area contributed by atoms with Crippen LogP contribution in [0.15, 0.2) is 69.6 Å². The van der Waals surface area contributed by atoms with E-state index in [1.807, 2.05) is 68.4 Å². The Hall–Kier alpha value is -2.92. The van der Waals surface area contributed by atoms with E-state index in [-0.39, 0.29) is 5.91 Å². The molecule has 4 rings (SSSR count). The van der Waals surface area contributed by atoms with Crippen LogP contribution in [0.4, 0.5) is 5.69 Å². The molecule has 4 aromatic rings. The standard InChI is InChI=1S/C22H17BrN2O2/c1-13-7-9-19(17(23)11-13)25-22(26)16-12-20(21-10-8-14(2)27-21)24-18-6-4-3-5-15(16)18/h3-12H,1-2H3,(H,25,26). The van der Waals surface area contributed by atoms with Crippen LogP contribution in [-0.2, 0) is 0 Å². The number of amides is 1. The van der Waals surface area contributed by atoms with Crippen molar-refractivity contribution in [3.63, 3.8) is 0 Å². The Bertz CT molecular complexity index is 1160. The number of para-hydroxylation sites is 1. The number of aromatic nitrogens is 1. The molecule has 1 amide bonds. The summed E-state index contributed by atoms with van der Waals surface area (Å²) in [4.78, 5) is 17.7. The molecule has 134 valence electrons. The Balaban J connectivity index is 1.80. The Morgan fingerprint density at radius 2 is 1.85 bits per heavy atom. The van der Waals surface area contributed by atoms with E-state index in [9.17, 15) is 4.79 Å². The smallest absolute Gasteiger partial charge is 0.256 e. The average molecular weight is 421 g/mol. The first-order valence-corrected chi connectivity index (χ1v) is 9.34. The van der Waals surface area contributed by atoms with E-state index in [0.717, 1.165) is 32.4 Å². The Labute approximate surface area is 165 Å². The number of fused-ring (bicyclic) bond motifs is 1. The highest BCUT2D eigenvalue weighted by Gasteiger charge is 2.16. The molecule has 2 aromatic carbocycles. The number of furan rings is 1. The van der Waals surface area contributed by atoms with Gasteiger partial charge in [0.2, 0.25) is 0 Å². The van der Waals surface area contributed by atoms with E-state index in [4.69, 9.17) is 4.42 Å². The number of anilines is 1. The van der Waals surface area contributed by atoms with Gasteiger partial charge in [-0.3, -0.25) is 4.79 Å². The number of nitrogens with zero attached hydrogens (tertiary/aromatic N) is 1. The van der Waals surface area contributed by atoms with Crippen molar-refractivity contribution in [1.29, 1.82) is 0 Å². The second kappa shape index (κ2) is 7.00. The summed E-state index contributed by atoms with van der Waals surface area (Å²) in [7, 11) is 0. The van der Waals surface area contributed by atoms with Gasteiger partial charge in [0.25, 0.3) is 5.91 Å². The minimum absolute atomic E-state index is 0.192. The van der Waals surface area contributed by atoms with Gasteiger partial charge in [0.1, 0.15) is 11.5 Å². The van der Waals surface area contributed by atoms with E-state index in [1.165, 1.54) is 0 Å². The number of hydrogen-bond acceptors (Lipinski definition) is 3. The third-order valence-corrected chi connectivity index (χ3v) is 4.98. The van der Waals surface area contributed by atoms with Crippen LogP contribution in [-0.4, -0.2) is 10.9 Å². The highest BCUT2D eigenvalue weighted by atomic mass is 79.9. The fourth-order valence-corrected chi connectivity index (χ4v) is 3.57. The molecule has 4 nitrogen and oxygen atoms in total. The molecule has 2 aromatic heterocycles. The number of aryl methyl sites for hydroxylation is 2. The van der Waals surface area contributed by atoms with Gasteiger partial charge in [0.15, 0.2) is 5.76 Å². The number of nitrogens with one attached hydrogen (secondary N) is 1. The van der Waals surface area contributed by atoms with Crippen LogP contribution in [0.1, 0.15) is 21.7 Å². The molecule has 2 heterocycles. The third-order valence-electron chi connectivity index (χ3n) is 4.33. The van der Waals surface area contributed by atoms with Crippen molar-refractivity contribution in [3.05, 3.63) is 82.0 Å². The summed E-state index contributed by atoms with van der Waals surface area (Å²) in [5.41, 5.74) is 3.77. The van der Waals surface area contributed by atoms with Crippen LogP contribution in [0.25, 0.3) is 22.4 Å². The molecule has 0 saturated heterocycles. The number of pyridine rings is 1. The maximum atomic E-state index is 13.1. The van der Waals surface area contributed by atoms with E-state index < -0.39 is 0 Å². The van der Waals surface area contributed by atoms with Gasteiger partial charge in [-0.2, -0.15) is 0 Å². The van der Waals surface area contributed by atoms with E-state index >= 15 is 0 Å². The first-order valence-electron chi connectivity index (χ1n) is 8.55. The zero-order valence-electron chi connectivity index (χ0n) is 14.9. The lowest BCUT2D eigenvalue weighted by molar-refractivity contribution is 0.102. The van der Waals surface area contributed by atoms with E-state index in [0.29, 0.717) is 17.0 Å². The average Bonchev–Trinajstić information content (AvgIpc) is 3.09. The molecule has 0 aliphatic carbocycles. The van der Waals surface area contributed by atoms with Crippen LogP contribution < -0.4 is 5.32 Å². The van der Waals surface area contributed by atoms with Crippen molar-refractivity contribution in [1.82, 2.24) is 4.98 Å². The van der Waals surface area contributed by atoms with Gasteiger partial charge in [-0.15, -0.1) is 0 Å². The summed E-state index contributed by atoms with van der Waals surface area (Å²) in [6.45, 7) is 3.89. The first-order chi connectivity index (χ1) is 13.0. The van der Waals surface area contributed by atoms with Crippen LogP contribution in [0.3, 0.4) is 0 Å². The summed E-state index contributed by atoms with van der Waals surface area (Å²) >= 11 is 3.51. The third kappa shape index (κ3) is 3.51. The SMILES string of the molecule is Cc1ccc(NC(=O)c2cc(-c3ccc(C)o3)nc3ccccc23)c(Br)c1. The van der Waals surface area contributed by atoms with Gasteiger partial charge in [-0.1, -0.05) is 24.3 Å². The molecule has 0 saturated carbocycles. The predicted molar refractivity (Wildman–Crippen MR) is 111 cm³/mol. The summed E-state index contributed by atoms with van der Waals surface area (Å²) in [5.74, 6) is 1.25. The largest absolute Gasteiger partial charge is 0.460 e. The fraction of sp³-hybridized carbons (Fsp3) is 0.0909. The zero-order valence-corrected chi connectivity index (χ0v) is 16.5. The minimum Gasteiger partial charge on any atom is -0.460 e. The second-order valence-corrected chi connectivity index (χ2v) is 7.27. The minimum atomic E-state index is -0.192. The van der Waals surface area contributed by atoms with Crippen molar-refractivity contribution in [2.75, 3.05) is 5.32 Å². The Morgan fingerprint density at radius 1 is 1.04 bits per heavy atom. The van der Waals surface area contributed by atoms with Crippen molar-refractivity contribution in [2.24, 2.45) is 0 Å². The monoisotopic (exact) mass is 420 g/mol. The molecule has 0 aliphatic rings. The normalized spacial score (nSPS) is 10.9. The summed E-state index contributed by atoms with van der Waals surface area (Å²) in [6.07, 6.45) is 0. The van der Waals surface area contributed by atoms with Gasteiger partial charge in [0, 0.05) is 9.86 Å². The van der Waals surface area contributed by atoms with Crippen molar-refractivity contribution in [2.45, 2.75) is 13.8 Å². The molecule has 0 spiro atoms. The molecular formula is C22H17BrN2O2. The molecule has 27 heavy (non-hydrogen) atoms. The number of halogens is 1. The number of carbonyl (C=O) groups is 1. The van der Waals surface area contributed by atoms with Crippen molar-refractivity contribution >= 4 is 38.4 Å². The quantitative estimate of drug-likeness (QED) is 0.433. The number of hydrogen-bond donors (Lipinski definition) is 1. The molecule has 1 N–H and O–H groups in total. The highest BCUT2D eigenvalue weighted by Crippen LogP contribution is 2.28. The fourth-order valence-electron chi connectivity index (χ4n) is 2.97. The van der Waals surface area contributed by atoms with Gasteiger partial charge < -0.3 is 9.73 Å². The second-order valence-electron chi connectivity index (χ2n) is 6.42. The summed E-state index contributed by atoms with van der Waals surface area (Å²) in [6, 6.07) is 18.9. The van der Waals surface area contributed by atoms with Crippen molar-refractivity contribution < 1.29 is 9.21 Å². The van der Waals surface area contributed by atoms with Gasteiger partial charge in [-0.05, 0) is 71.7 Å². The molecule has 0 atom stereocenters. The predicted octanol–water partition coefficient (Wildman–Crippen LogP) is 6.13. The van der Waals surface area contributed by atoms with Gasteiger partial charge in [-0.25, -0.2) is 4.98 Å². The lowest BCUT2D eigenvalue weighted by atomic mass is 10.1. The van der Waals surface area contributed by atoms with E-state index in [2.05, 4.69) is 26.2 Å². The summed E-state index contributed by atoms with van der Waals surface area (Å²) < 4.78 is 6.55. The topological polar surface area (TPSA) is 55.1 Å². The van der Waals surface area contributed by atoms with Gasteiger partial charge >= 0.3 is 0 Å². The summed E-state index contributed by atoms with van der Waals surface area (Å²) in [5, 5.41) is 3.78. The highest BCUT2D eigenvalue weighted by molar-refractivity contribution is 9.10. The molecule has 0 bridgehead atoms. The molecular weight excluding hydrogens is 404 g/mol. The number of rotatable bonds is 3. The molecule has 0 radical (unpaired) electrons. The lowest BCUT2D eigenvalue weighted by Crippen LogP contribution is -2.13. The van der Waals surface area contributed by atoms with Crippen LogP contribution in [0, 0.1) is 13.8 Å². The molecule has 0 unspecified atom stereocenters. The first kappa shape index (κ1) is 17.5. The molecule has 0 fully saturated rings. The van der Waals surface area contributed by atoms with Crippen LogP contribution in [0.2, 0.25) is 0 Å². The van der Waals surface area contributed by atoms with Crippen LogP contribution in [0.5, 0.6) is 0 Å².